The molecule has 7 nitrogen and oxygen atoms in total. The highest BCUT2D eigenvalue weighted by molar-refractivity contribution is 6.03. The SMILES string of the molecule is CC(C)(C)OC(=O)c1ccc(OC2N(C(=O)NCc3ccccc3)C(=O)C23CCCC3)cc1. The predicted molar refractivity (Wildman–Crippen MR) is 122 cm³/mol. The Bertz CT molecular complexity index is 1020. The number of imide groups is 1. The maximum absolute atomic E-state index is 13.0. The Morgan fingerprint density at radius 3 is 2.27 bits per heavy atom. The standard InChI is InChI=1S/C26H30N2O5/c1-25(2,3)33-21(29)19-11-13-20(14-12-19)32-23-26(15-7-8-16-26)22(30)28(23)24(31)27-17-18-9-5-4-6-10-18/h4-6,9-14,23H,7-8,15-17H2,1-3H3,(H,27,31). The molecule has 7 heteroatoms. The lowest BCUT2D eigenvalue weighted by atomic mass is 9.74. The molecule has 2 aromatic carbocycles. The molecular formula is C26H30N2O5. The van der Waals surface area contributed by atoms with E-state index in [1.165, 1.54) is 4.90 Å². The van der Waals surface area contributed by atoms with Crippen LogP contribution in [0.15, 0.2) is 54.6 Å². The van der Waals surface area contributed by atoms with Crippen molar-refractivity contribution in [1.29, 1.82) is 0 Å². The van der Waals surface area contributed by atoms with Crippen molar-refractivity contribution < 1.29 is 23.9 Å². The number of nitrogens with zero attached hydrogens (tertiary/aromatic N) is 1. The smallest absolute Gasteiger partial charge is 0.338 e. The zero-order valence-corrected chi connectivity index (χ0v) is 19.3. The first-order chi connectivity index (χ1) is 15.7. The Balaban J connectivity index is 1.46. The van der Waals surface area contributed by atoms with Crippen molar-refractivity contribution in [1.82, 2.24) is 10.2 Å². The maximum Gasteiger partial charge on any atom is 0.338 e. The number of carbonyl (C=O) groups is 3. The second kappa shape index (κ2) is 8.89. The number of rotatable bonds is 5. The number of likely N-dealkylation sites (tertiary alicyclic amines) is 1. The van der Waals surface area contributed by atoms with E-state index < -0.39 is 29.2 Å². The number of urea groups is 1. The van der Waals surface area contributed by atoms with Crippen LogP contribution in [0.5, 0.6) is 5.75 Å². The summed E-state index contributed by atoms with van der Waals surface area (Å²) in [5.41, 5.74) is 0.120. The fourth-order valence-corrected chi connectivity index (χ4v) is 4.46. The summed E-state index contributed by atoms with van der Waals surface area (Å²) >= 11 is 0. The van der Waals surface area contributed by atoms with E-state index in [0.29, 0.717) is 30.7 Å². The number of hydrogen-bond donors (Lipinski definition) is 1. The normalized spacial score (nSPS) is 19.2. The van der Waals surface area contributed by atoms with Crippen molar-refractivity contribution in [2.45, 2.75) is 64.8 Å². The summed E-state index contributed by atoms with van der Waals surface area (Å²) in [5, 5.41) is 2.82. The van der Waals surface area contributed by atoms with Gasteiger partial charge in [0.2, 0.25) is 5.91 Å². The van der Waals surface area contributed by atoms with Crippen LogP contribution in [-0.2, 0) is 16.1 Å². The van der Waals surface area contributed by atoms with Crippen LogP contribution in [0, 0.1) is 5.41 Å². The third-order valence-corrected chi connectivity index (χ3v) is 6.09. The van der Waals surface area contributed by atoms with Gasteiger partial charge in [-0.05, 0) is 63.4 Å². The molecule has 174 valence electrons. The van der Waals surface area contributed by atoms with E-state index in [0.717, 1.165) is 18.4 Å². The van der Waals surface area contributed by atoms with Crippen LogP contribution >= 0.6 is 0 Å². The Morgan fingerprint density at radius 1 is 1.03 bits per heavy atom. The molecule has 4 rings (SSSR count). The third kappa shape index (κ3) is 4.72. The minimum atomic E-state index is -0.671. The molecule has 1 aliphatic carbocycles. The van der Waals surface area contributed by atoms with Gasteiger partial charge in [0.1, 0.15) is 16.8 Å². The number of esters is 1. The topological polar surface area (TPSA) is 84.9 Å². The van der Waals surface area contributed by atoms with Crippen molar-refractivity contribution in [3.05, 3.63) is 65.7 Å². The van der Waals surface area contributed by atoms with Crippen LogP contribution in [0.25, 0.3) is 0 Å². The summed E-state index contributed by atoms with van der Waals surface area (Å²) in [6, 6.07) is 15.7. The number of benzene rings is 2. The van der Waals surface area contributed by atoms with E-state index in [9.17, 15) is 14.4 Å². The second-order valence-electron chi connectivity index (χ2n) is 9.68. The molecule has 1 saturated heterocycles. The first-order valence-corrected chi connectivity index (χ1v) is 11.4. The number of hydrogen-bond acceptors (Lipinski definition) is 5. The molecule has 2 aromatic rings. The predicted octanol–water partition coefficient (Wildman–Crippen LogP) is 4.66. The highest BCUT2D eigenvalue weighted by atomic mass is 16.6. The van der Waals surface area contributed by atoms with Gasteiger partial charge in [-0.2, -0.15) is 0 Å². The van der Waals surface area contributed by atoms with Gasteiger partial charge in [0.15, 0.2) is 6.23 Å². The summed E-state index contributed by atoms with van der Waals surface area (Å²) in [6.45, 7) is 5.77. The molecule has 1 atom stereocenters. The number of amides is 3. The summed E-state index contributed by atoms with van der Waals surface area (Å²) in [7, 11) is 0. The zero-order valence-electron chi connectivity index (χ0n) is 19.3. The number of carbonyl (C=O) groups excluding carboxylic acids is 3. The van der Waals surface area contributed by atoms with Gasteiger partial charge in [0.25, 0.3) is 0 Å². The molecule has 0 bridgehead atoms. The monoisotopic (exact) mass is 450 g/mol. The Morgan fingerprint density at radius 2 is 1.67 bits per heavy atom. The molecule has 2 aliphatic rings. The molecule has 33 heavy (non-hydrogen) atoms. The van der Waals surface area contributed by atoms with E-state index in [1.54, 1.807) is 24.3 Å². The van der Waals surface area contributed by atoms with Crippen LogP contribution in [0.4, 0.5) is 4.79 Å². The van der Waals surface area contributed by atoms with Crippen molar-refractivity contribution in [2.24, 2.45) is 5.41 Å². The van der Waals surface area contributed by atoms with Crippen molar-refractivity contribution in [3.8, 4) is 5.75 Å². The second-order valence-corrected chi connectivity index (χ2v) is 9.68. The molecular weight excluding hydrogens is 420 g/mol. The average molecular weight is 451 g/mol. The Kier molecular flexibility index (Phi) is 6.15. The lowest BCUT2D eigenvalue weighted by Gasteiger charge is -2.52. The van der Waals surface area contributed by atoms with Gasteiger partial charge >= 0.3 is 12.0 Å². The maximum atomic E-state index is 13.0. The van der Waals surface area contributed by atoms with Gasteiger partial charge in [-0.25, -0.2) is 14.5 Å². The first kappa shape index (κ1) is 22.8. The highest BCUT2D eigenvalue weighted by Gasteiger charge is 2.65. The van der Waals surface area contributed by atoms with E-state index in [-0.39, 0.29) is 5.91 Å². The minimum Gasteiger partial charge on any atom is -0.469 e. The van der Waals surface area contributed by atoms with Gasteiger partial charge in [0.05, 0.1) is 5.56 Å². The van der Waals surface area contributed by atoms with E-state index in [4.69, 9.17) is 9.47 Å². The molecule has 1 N–H and O–H groups in total. The average Bonchev–Trinajstić information content (AvgIpc) is 3.30. The van der Waals surface area contributed by atoms with Crippen LogP contribution < -0.4 is 10.1 Å². The quantitative estimate of drug-likeness (QED) is 0.529. The van der Waals surface area contributed by atoms with E-state index in [2.05, 4.69) is 5.32 Å². The number of nitrogens with one attached hydrogen (secondary N) is 1. The Labute approximate surface area is 194 Å². The molecule has 0 radical (unpaired) electrons. The first-order valence-electron chi connectivity index (χ1n) is 11.4. The molecule has 1 unspecified atom stereocenters. The Hall–Kier alpha value is -3.35. The minimum absolute atomic E-state index is 0.180. The van der Waals surface area contributed by atoms with Gasteiger partial charge in [-0.15, -0.1) is 0 Å². The van der Waals surface area contributed by atoms with Crippen LogP contribution in [0.2, 0.25) is 0 Å². The van der Waals surface area contributed by atoms with Gasteiger partial charge in [-0.1, -0.05) is 43.2 Å². The lowest BCUT2D eigenvalue weighted by Crippen LogP contribution is -2.73. The summed E-state index contributed by atoms with van der Waals surface area (Å²) < 4.78 is 11.6. The molecule has 3 amide bonds. The summed E-state index contributed by atoms with van der Waals surface area (Å²) in [6.07, 6.45) is 2.60. The molecule has 1 aliphatic heterocycles. The fraction of sp³-hybridized carbons (Fsp3) is 0.423. The van der Waals surface area contributed by atoms with Crippen LogP contribution in [0.3, 0.4) is 0 Å². The zero-order chi connectivity index (χ0) is 23.6. The van der Waals surface area contributed by atoms with Crippen LogP contribution in [-0.4, -0.2) is 34.6 Å². The molecule has 2 fully saturated rings. The van der Waals surface area contributed by atoms with Crippen molar-refractivity contribution >= 4 is 17.9 Å². The molecule has 1 spiro atoms. The van der Waals surface area contributed by atoms with Crippen LogP contribution in [0.1, 0.15) is 62.4 Å². The molecule has 1 saturated carbocycles. The van der Waals surface area contributed by atoms with Gasteiger partial charge in [-0.3, -0.25) is 4.79 Å². The van der Waals surface area contributed by atoms with Gasteiger partial charge in [0, 0.05) is 6.54 Å². The third-order valence-electron chi connectivity index (χ3n) is 6.09. The van der Waals surface area contributed by atoms with Crippen molar-refractivity contribution in [3.63, 3.8) is 0 Å². The van der Waals surface area contributed by atoms with Crippen molar-refractivity contribution in [2.75, 3.05) is 0 Å². The largest absolute Gasteiger partial charge is 0.469 e. The van der Waals surface area contributed by atoms with E-state index in [1.807, 2.05) is 51.1 Å². The lowest BCUT2D eigenvalue weighted by molar-refractivity contribution is -0.188. The highest BCUT2D eigenvalue weighted by Crippen LogP contribution is 2.52. The van der Waals surface area contributed by atoms with Gasteiger partial charge < -0.3 is 14.8 Å². The summed E-state index contributed by atoms with van der Waals surface area (Å²) in [5.74, 6) is -0.102. The summed E-state index contributed by atoms with van der Waals surface area (Å²) in [4.78, 5) is 39.4. The fourth-order valence-electron chi connectivity index (χ4n) is 4.46. The molecule has 0 aromatic heterocycles. The number of ether oxygens (including phenoxy) is 2. The number of β-lactam (4-membered cyclic amide) rings is 1. The molecule has 1 heterocycles. The van der Waals surface area contributed by atoms with E-state index >= 15 is 0 Å².